The summed E-state index contributed by atoms with van der Waals surface area (Å²) in [6.07, 6.45) is 6.10. The van der Waals surface area contributed by atoms with Crippen molar-refractivity contribution < 1.29 is 0 Å². The number of fused-ring (bicyclic) bond motifs is 2. The molecule has 0 spiro atoms. The van der Waals surface area contributed by atoms with Gasteiger partial charge in [0, 0.05) is 24.7 Å². The van der Waals surface area contributed by atoms with Crippen molar-refractivity contribution in [1.82, 2.24) is 14.6 Å². The second-order valence-corrected chi connectivity index (χ2v) is 7.30. The zero-order valence-electron chi connectivity index (χ0n) is 16.7. The maximum atomic E-state index is 6.87. The molecule has 4 rings (SSSR count). The highest BCUT2D eigenvalue weighted by Gasteiger charge is 2.16. The van der Waals surface area contributed by atoms with Crippen LogP contribution in [-0.4, -0.2) is 27.7 Å². The molecule has 146 valence electrons. The molecule has 0 fully saturated rings. The van der Waals surface area contributed by atoms with E-state index in [0.717, 1.165) is 60.3 Å². The van der Waals surface area contributed by atoms with Gasteiger partial charge < -0.3 is 10.3 Å². The van der Waals surface area contributed by atoms with E-state index in [2.05, 4.69) is 64.6 Å². The Morgan fingerprint density at radius 1 is 1.00 bits per heavy atom. The fourth-order valence-electron chi connectivity index (χ4n) is 3.71. The van der Waals surface area contributed by atoms with Crippen LogP contribution in [0.2, 0.25) is 0 Å². The molecule has 2 heterocycles. The normalized spacial score (nSPS) is 11.0. The molecular formula is C24H25N5. The molecule has 0 aliphatic carbocycles. The predicted octanol–water partition coefficient (Wildman–Crippen LogP) is 5.58. The van der Waals surface area contributed by atoms with Gasteiger partial charge in [0.25, 0.3) is 0 Å². The number of benzene rings is 2. The van der Waals surface area contributed by atoms with E-state index in [9.17, 15) is 0 Å². The van der Waals surface area contributed by atoms with Gasteiger partial charge in [-0.2, -0.15) is 0 Å². The predicted molar refractivity (Wildman–Crippen MR) is 119 cm³/mol. The van der Waals surface area contributed by atoms with Crippen LogP contribution in [0, 0.1) is 13.5 Å². The largest absolute Gasteiger partial charge is 0.322 e. The number of unbranched alkanes of at least 4 members (excludes halogenated alkanes) is 3. The molecule has 1 N–H and O–H groups in total. The Bertz CT molecular complexity index is 1160. The number of imidazole rings is 1. The van der Waals surface area contributed by atoms with Gasteiger partial charge in [-0.15, -0.1) is 0 Å². The van der Waals surface area contributed by atoms with Crippen LogP contribution in [0.4, 0.5) is 0 Å². The average Bonchev–Trinajstić information content (AvgIpc) is 3.12. The van der Waals surface area contributed by atoms with Crippen LogP contribution in [0.5, 0.6) is 0 Å². The molecule has 0 amide bonds. The van der Waals surface area contributed by atoms with Crippen LogP contribution >= 0.6 is 0 Å². The topological polar surface area (TPSA) is 47.1 Å². The third-order valence-corrected chi connectivity index (χ3v) is 5.25. The Hall–Kier alpha value is -3.39. The smallest absolute Gasteiger partial charge is 0.214 e. The Balaban J connectivity index is 1.67. The Kier molecular flexibility index (Phi) is 5.71. The number of aromatic nitrogens is 3. The number of hydrogen-bond donors (Lipinski definition) is 1. The summed E-state index contributed by atoms with van der Waals surface area (Å²) in [5.41, 5.74) is 7.56. The van der Waals surface area contributed by atoms with E-state index in [0.29, 0.717) is 6.54 Å². The summed E-state index contributed by atoms with van der Waals surface area (Å²) in [5, 5.41) is 2.39. The molecule has 0 radical (unpaired) electrons. The van der Waals surface area contributed by atoms with E-state index < -0.39 is 0 Å². The van der Waals surface area contributed by atoms with Gasteiger partial charge in [0.2, 0.25) is 6.54 Å². The first kappa shape index (κ1) is 18.9. The fourth-order valence-corrected chi connectivity index (χ4v) is 3.71. The lowest BCUT2D eigenvalue weighted by Gasteiger charge is -2.13. The molecule has 4 aromatic rings. The summed E-state index contributed by atoms with van der Waals surface area (Å²) in [5.74, 6) is 0.895. The first-order chi connectivity index (χ1) is 14.3. The van der Waals surface area contributed by atoms with Gasteiger partial charge in [-0.05, 0) is 42.2 Å². The van der Waals surface area contributed by atoms with Gasteiger partial charge in [0.1, 0.15) is 5.52 Å². The average molecular weight is 383 g/mol. The molecule has 2 aromatic heterocycles. The van der Waals surface area contributed by atoms with E-state index in [-0.39, 0.29) is 0 Å². The van der Waals surface area contributed by atoms with E-state index in [1.807, 2.05) is 16.9 Å². The highest BCUT2D eigenvalue weighted by molar-refractivity contribution is 5.96. The second kappa shape index (κ2) is 8.74. The molecule has 0 saturated carbocycles. The van der Waals surface area contributed by atoms with Crippen LogP contribution in [0.1, 0.15) is 31.2 Å². The number of pyridine rings is 1. The van der Waals surface area contributed by atoms with Gasteiger partial charge in [0.05, 0.1) is 0 Å². The maximum Gasteiger partial charge on any atom is 0.214 e. The highest BCUT2D eigenvalue weighted by atomic mass is 15.4. The molecule has 5 nitrogen and oxygen atoms in total. The zero-order chi connectivity index (χ0) is 20.1. The molecular weight excluding hydrogens is 358 g/mol. The SMILES string of the molecule is [C-]#[N+]CCCCCCNn1c(-c2cccc3ccccc23)nc2c(C)ccnc21. The van der Waals surface area contributed by atoms with Crippen LogP contribution in [0.25, 0.3) is 38.2 Å². The summed E-state index contributed by atoms with van der Waals surface area (Å²) in [6, 6.07) is 16.8. The third kappa shape index (κ3) is 3.93. The molecule has 0 aliphatic heterocycles. The lowest BCUT2D eigenvalue weighted by atomic mass is 10.0. The zero-order valence-corrected chi connectivity index (χ0v) is 16.7. The Morgan fingerprint density at radius 2 is 1.83 bits per heavy atom. The van der Waals surface area contributed by atoms with Crippen LogP contribution in [0.15, 0.2) is 54.7 Å². The van der Waals surface area contributed by atoms with Crippen molar-refractivity contribution in [3.63, 3.8) is 0 Å². The standard InChI is InChI=1S/C24H25N5/c1-18-14-17-26-24-22(18)28-23(29(24)27-16-8-4-3-7-15-25-2)21-13-9-11-19-10-5-6-12-20(19)21/h5-6,9-14,17,27H,3-4,7-8,15-16H2,1H3. The van der Waals surface area contributed by atoms with Crippen molar-refractivity contribution in [3.8, 4) is 11.4 Å². The summed E-state index contributed by atoms with van der Waals surface area (Å²) < 4.78 is 2.04. The monoisotopic (exact) mass is 383 g/mol. The molecule has 5 heteroatoms. The van der Waals surface area contributed by atoms with Crippen molar-refractivity contribution in [2.75, 3.05) is 18.5 Å². The van der Waals surface area contributed by atoms with Crippen LogP contribution < -0.4 is 5.43 Å². The molecule has 0 bridgehead atoms. The second-order valence-electron chi connectivity index (χ2n) is 7.30. The molecule has 0 saturated heterocycles. The number of nitrogens with zero attached hydrogens (tertiary/aromatic N) is 4. The first-order valence-corrected chi connectivity index (χ1v) is 10.2. The van der Waals surface area contributed by atoms with Gasteiger partial charge in [0.15, 0.2) is 11.5 Å². The van der Waals surface area contributed by atoms with Crippen LogP contribution in [-0.2, 0) is 0 Å². The van der Waals surface area contributed by atoms with E-state index in [1.165, 1.54) is 10.8 Å². The summed E-state index contributed by atoms with van der Waals surface area (Å²) in [6.45, 7) is 10.4. The van der Waals surface area contributed by atoms with Crippen molar-refractivity contribution >= 4 is 21.9 Å². The van der Waals surface area contributed by atoms with Crippen molar-refractivity contribution in [3.05, 3.63) is 71.7 Å². The van der Waals surface area contributed by atoms with Crippen molar-refractivity contribution in [1.29, 1.82) is 0 Å². The Labute approximate surface area is 171 Å². The van der Waals surface area contributed by atoms with Gasteiger partial charge in [-0.3, -0.25) is 0 Å². The minimum absolute atomic E-state index is 0.633. The highest BCUT2D eigenvalue weighted by Crippen LogP contribution is 2.30. The fraction of sp³-hybridized carbons (Fsp3) is 0.292. The lowest BCUT2D eigenvalue weighted by molar-refractivity contribution is 0.659. The van der Waals surface area contributed by atoms with Crippen molar-refractivity contribution in [2.24, 2.45) is 0 Å². The van der Waals surface area contributed by atoms with Crippen molar-refractivity contribution in [2.45, 2.75) is 32.6 Å². The van der Waals surface area contributed by atoms with E-state index >= 15 is 0 Å². The van der Waals surface area contributed by atoms with Gasteiger partial charge in [-0.1, -0.05) is 48.9 Å². The molecule has 29 heavy (non-hydrogen) atoms. The van der Waals surface area contributed by atoms with Crippen LogP contribution in [0.3, 0.4) is 0 Å². The minimum atomic E-state index is 0.633. The number of rotatable bonds is 8. The third-order valence-electron chi connectivity index (χ3n) is 5.25. The van der Waals surface area contributed by atoms with E-state index in [4.69, 9.17) is 11.6 Å². The number of nitrogens with one attached hydrogen (secondary N) is 1. The number of hydrogen-bond acceptors (Lipinski definition) is 3. The van der Waals surface area contributed by atoms with Gasteiger partial charge in [-0.25, -0.2) is 21.2 Å². The minimum Gasteiger partial charge on any atom is -0.322 e. The maximum absolute atomic E-state index is 6.87. The van der Waals surface area contributed by atoms with Gasteiger partial charge >= 0.3 is 0 Å². The number of aryl methyl sites for hydroxylation is 1. The molecule has 2 aromatic carbocycles. The Morgan fingerprint density at radius 3 is 2.72 bits per heavy atom. The summed E-state index contributed by atoms with van der Waals surface area (Å²) in [7, 11) is 0. The molecule has 0 aliphatic rings. The molecule has 0 atom stereocenters. The lowest BCUT2D eigenvalue weighted by Crippen LogP contribution is -2.17. The first-order valence-electron chi connectivity index (χ1n) is 10.2. The quantitative estimate of drug-likeness (QED) is 0.319. The van der Waals surface area contributed by atoms with E-state index in [1.54, 1.807) is 0 Å². The molecule has 0 unspecified atom stereocenters. The summed E-state index contributed by atoms with van der Waals surface area (Å²) in [4.78, 5) is 13.0. The summed E-state index contributed by atoms with van der Waals surface area (Å²) >= 11 is 0.